The van der Waals surface area contributed by atoms with Crippen molar-refractivity contribution in [1.29, 1.82) is 0 Å². The van der Waals surface area contributed by atoms with E-state index < -0.39 is 10.0 Å². The fourth-order valence-electron chi connectivity index (χ4n) is 1.58. The lowest BCUT2D eigenvalue weighted by Crippen LogP contribution is -2.29. The molecule has 0 aliphatic carbocycles. The molecule has 4 nitrogen and oxygen atoms in total. The molecular formula is C11H18BrClN2O2S2. The third-order valence-electron chi connectivity index (χ3n) is 2.73. The van der Waals surface area contributed by atoms with E-state index in [4.69, 9.17) is 11.6 Å². The van der Waals surface area contributed by atoms with Gasteiger partial charge in [0.2, 0.25) is 10.0 Å². The first kappa shape index (κ1) is 17.4. The van der Waals surface area contributed by atoms with Gasteiger partial charge < -0.3 is 4.90 Å². The van der Waals surface area contributed by atoms with E-state index in [2.05, 4.69) is 39.4 Å². The maximum absolute atomic E-state index is 12.0. The van der Waals surface area contributed by atoms with Gasteiger partial charge in [-0.3, -0.25) is 0 Å². The zero-order valence-electron chi connectivity index (χ0n) is 10.9. The first-order valence-electron chi connectivity index (χ1n) is 6.07. The Balaban J connectivity index is 2.48. The van der Waals surface area contributed by atoms with Gasteiger partial charge in [0.1, 0.15) is 4.21 Å². The minimum Gasteiger partial charge on any atom is -0.304 e. The van der Waals surface area contributed by atoms with Gasteiger partial charge in [0, 0.05) is 6.54 Å². The molecule has 19 heavy (non-hydrogen) atoms. The molecule has 1 heterocycles. The van der Waals surface area contributed by atoms with E-state index in [1.807, 2.05) is 0 Å². The Hall–Kier alpha value is 0.340. The molecule has 0 spiro atoms. The minimum absolute atomic E-state index is 0.243. The van der Waals surface area contributed by atoms with Crippen molar-refractivity contribution < 1.29 is 8.42 Å². The van der Waals surface area contributed by atoms with Crippen LogP contribution in [0, 0.1) is 0 Å². The van der Waals surface area contributed by atoms with Crippen LogP contribution >= 0.6 is 38.9 Å². The first-order valence-corrected chi connectivity index (χ1v) is 9.54. The van der Waals surface area contributed by atoms with Crippen LogP contribution in [0.15, 0.2) is 14.1 Å². The van der Waals surface area contributed by atoms with Crippen LogP contribution in [-0.2, 0) is 10.0 Å². The molecule has 0 aliphatic heterocycles. The highest BCUT2D eigenvalue weighted by atomic mass is 79.9. The smallest absolute Gasteiger partial charge is 0.250 e. The topological polar surface area (TPSA) is 49.4 Å². The molecule has 0 aliphatic rings. The zero-order valence-corrected chi connectivity index (χ0v) is 14.9. The molecule has 0 atom stereocenters. The lowest BCUT2D eigenvalue weighted by Gasteiger charge is -2.17. The van der Waals surface area contributed by atoms with Crippen molar-refractivity contribution in [2.45, 2.75) is 24.5 Å². The molecule has 1 N–H and O–H groups in total. The Morgan fingerprint density at radius 3 is 2.53 bits per heavy atom. The van der Waals surface area contributed by atoms with Gasteiger partial charge in [-0.05, 0) is 48.1 Å². The van der Waals surface area contributed by atoms with Crippen LogP contribution < -0.4 is 4.72 Å². The van der Waals surface area contributed by atoms with Gasteiger partial charge in [0.15, 0.2) is 0 Å². The SMILES string of the molecule is CCN(CC)CCCNS(=O)(=O)c1cc(Cl)c(Br)s1. The lowest BCUT2D eigenvalue weighted by molar-refractivity contribution is 0.300. The number of sulfonamides is 1. The Kier molecular flexibility index (Phi) is 7.28. The van der Waals surface area contributed by atoms with Gasteiger partial charge >= 0.3 is 0 Å². The summed E-state index contributed by atoms with van der Waals surface area (Å²) in [6.45, 7) is 7.49. The molecule has 8 heteroatoms. The summed E-state index contributed by atoms with van der Waals surface area (Å²) in [5, 5.41) is 0.425. The van der Waals surface area contributed by atoms with Crippen LogP contribution in [-0.4, -0.2) is 39.5 Å². The maximum Gasteiger partial charge on any atom is 0.250 e. The summed E-state index contributed by atoms with van der Waals surface area (Å²) in [4.78, 5) is 2.26. The summed E-state index contributed by atoms with van der Waals surface area (Å²) in [7, 11) is -3.44. The van der Waals surface area contributed by atoms with Crippen LogP contribution in [0.2, 0.25) is 5.02 Å². The van der Waals surface area contributed by atoms with Crippen molar-refractivity contribution in [2.75, 3.05) is 26.2 Å². The molecule has 1 aromatic heterocycles. The van der Waals surface area contributed by atoms with Crippen LogP contribution in [0.1, 0.15) is 20.3 Å². The largest absolute Gasteiger partial charge is 0.304 e. The molecule has 0 saturated heterocycles. The number of nitrogens with zero attached hydrogens (tertiary/aromatic N) is 1. The van der Waals surface area contributed by atoms with Gasteiger partial charge in [-0.1, -0.05) is 25.4 Å². The second-order valence-electron chi connectivity index (χ2n) is 3.97. The van der Waals surface area contributed by atoms with Crippen LogP contribution in [0.25, 0.3) is 0 Å². The highest BCUT2D eigenvalue weighted by molar-refractivity contribution is 9.11. The van der Waals surface area contributed by atoms with Crippen molar-refractivity contribution in [3.63, 3.8) is 0 Å². The van der Waals surface area contributed by atoms with Crippen molar-refractivity contribution in [3.8, 4) is 0 Å². The van der Waals surface area contributed by atoms with Crippen molar-refractivity contribution in [2.24, 2.45) is 0 Å². The third kappa shape index (κ3) is 5.32. The molecule has 1 rings (SSSR count). The fourth-order valence-corrected chi connectivity index (χ4v) is 5.10. The van der Waals surface area contributed by atoms with E-state index >= 15 is 0 Å². The number of thiophene rings is 1. The van der Waals surface area contributed by atoms with Gasteiger partial charge in [-0.25, -0.2) is 13.1 Å². The number of rotatable bonds is 8. The number of hydrogen-bond acceptors (Lipinski definition) is 4. The predicted octanol–water partition coefficient (Wildman–Crippen LogP) is 3.17. The Labute approximate surface area is 132 Å². The third-order valence-corrected chi connectivity index (χ3v) is 7.13. The minimum atomic E-state index is -3.44. The van der Waals surface area contributed by atoms with Crippen LogP contribution in [0.3, 0.4) is 0 Å². The van der Waals surface area contributed by atoms with E-state index in [9.17, 15) is 8.42 Å². The second kappa shape index (κ2) is 7.95. The molecule has 0 radical (unpaired) electrons. The average Bonchev–Trinajstić information content (AvgIpc) is 2.71. The lowest BCUT2D eigenvalue weighted by atomic mass is 10.4. The maximum atomic E-state index is 12.0. The summed E-state index contributed by atoms with van der Waals surface area (Å²) in [5.74, 6) is 0. The Morgan fingerprint density at radius 1 is 1.42 bits per heavy atom. The fraction of sp³-hybridized carbons (Fsp3) is 0.636. The van der Waals surface area contributed by atoms with Crippen molar-refractivity contribution in [3.05, 3.63) is 14.9 Å². The average molecular weight is 390 g/mol. The van der Waals surface area contributed by atoms with Gasteiger partial charge in [0.05, 0.1) is 8.81 Å². The molecule has 0 saturated carbocycles. The van der Waals surface area contributed by atoms with Crippen molar-refractivity contribution in [1.82, 2.24) is 9.62 Å². The van der Waals surface area contributed by atoms with Crippen LogP contribution in [0.4, 0.5) is 0 Å². The van der Waals surface area contributed by atoms with E-state index in [1.165, 1.54) is 6.07 Å². The van der Waals surface area contributed by atoms with E-state index in [0.29, 0.717) is 15.4 Å². The highest BCUT2D eigenvalue weighted by Gasteiger charge is 2.18. The Morgan fingerprint density at radius 2 is 2.05 bits per heavy atom. The number of hydrogen-bond donors (Lipinski definition) is 1. The summed E-state index contributed by atoms with van der Waals surface area (Å²) in [6.07, 6.45) is 0.793. The molecule has 0 amide bonds. The molecule has 0 aromatic carbocycles. The molecule has 110 valence electrons. The zero-order chi connectivity index (χ0) is 14.5. The number of nitrogens with one attached hydrogen (secondary N) is 1. The molecule has 0 bridgehead atoms. The molecular weight excluding hydrogens is 372 g/mol. The monoisotopic (exact) mass is 388 g/mol. The summed E-state index contributed by atoms with van der Waals surface area (Å²) in [5.41, 5.74) is 0. The summed E-state index contributed by atoms with van der Waals surface area (Å²) >= 11 is 10.2. The normalized spacial score (nSPS) is 12.3. The van der Waals surface area contributed by atoms with Gasteiger partial charge in [0.25, 0.3) is 0 Å². The first-order chi connectivity index (χ1) is 8.90. The van der Waals surface area contributed by atoms with E-state index in [1.54, 1.807) is 0 Å². The molecule has 0 unspecified atom stereocenters. The highest BCUT2D eigenvalue weighted by Crippen LogP contribution is 2.34. The van der Waals surface area contributed by atoms with Gasteiger partial charge in [-0.2, -0.15) is 0 Å². The quantitative estimate of drug-likeness (QED) is 0.695. The molecule has 0 fully saturated rings. The summed E-state index contributed by atoms with van der Waals surface area (Å²) in [6, 6.07) is 1.46. The number of halogens is 2. The second-order valence-corrected chi connectivity index (χ2v) is 8.74. The van der Waals surface area contributed by atoms with Crippen LogP contribution in [0.5, 0.6) is 0 Å². The molecule has 1 aromatic rings. The predicted molar refractivity (Wildman–Crippen MR) is 84.6 cm³/mol. The van der Waals surface area contributed by atoms with E-state index in [-0.39, 0.29) is 4.21 Å². The Bertz CT molecular complexity index is 481. The standard InChI is InChI=1S/C11H18BrClN2O2S2/c1-3-15(4-2)7-5-6-14-19(16,17)10-8-9(13)11(12)18-10/h8,14H,3-7H2,1-2H3. The van der Waals surface area contributed by atoms with Crippen molar-refractivity contribution >= 4 is 48.9 Å². The van der Waals surface area contributed by atoms with Gasteiger partial charge in [-0.15, -0.1) is 11.3 Å². The summed E-state index contributed by atoms with van der Waals surface area (Å²) < 4.78 is 27.5. The van der Waals surface area contributed by atoms with E-state index in [0.717, 1.165) is 37.4 Å².